The second-order valence-electron chi connectivity index (χ2n) is 4.91. The summed E-state index contributed by atoms with van der Waals surface area (Å²) < 4.78 is 1.02. The minimum absolute atomic E-state index is 0.0943. The SMILES string of the molecule is O=C(Nc1ccccc1)C1(c2cccc(Br)c2)CC1. The van der Waals surface area contributed by atoms with Gasteiger partial charge < -0.3 is 5.32 Å². The van der Waals surface area contributed by atoms with E-state index in [0.29, 0.717) is 0 Å². The minimum Gasteiger partial charge on any atom is -0.325 e. The van der Waals surface area contributed by atoms with Gasteiger partial charge in [0.25, 0.3) is 0 Å². The molecule has 0 aliphatic heterocycles. The molecule has 0 atom stereocenters. The van der Waals surface area contributed by atoms with Crippen molar-refractivity contribution >= 4 is 27.5 Å². The Balaban J connectivity index is 1.83. The maximum atomic E-state index is 12.5. The van der Waals surface area contributed by atoms with Gasteiger partial charge in [0.15, 0.2) is 0 Å². The molecule has 1 amide bonds. The lowest BCUT2D eigenvalue weighted by Crippen LogP contribution is -2.27. The van der Waals surface area contributed by atoms with Crippen LogP contribution in [0.1, 0.15) is 18.4 Å². The number of rotatable bonds is 3. The van der Waals surface area contributed by atoms with E-state index >= 15 is 0 Å². The first-order valence-electron chi connectivity index (χ1n) is 6.33. The van der Waals surface area contributed by atoms with Crippen molar-refractivity contribution in [2.75, 3.05) is 5.32 Å². The van der Waals surface area contributed by atoms with Crippen LogP contribution in [-0.2, 0) is 10.2 Å². The highest BCUT2D eigenvalue weighted by Gasteiger charge is 2.51. The molecule has 0 unspecified atom stereocenters. The van der Waals surface area contributed by atoms with Crippen LogP contribution >= 0.6 is 15.9 Å². The smallest absolute Gasteiger partial charge is 0.235 e. The minimum atomic E-state index is -0.334. The fourth-order valence-electron chi connectivity index (χ4n) is 2.33. The number of nitrogens with one attached hydrogen (secondary N) is 1. The molecule has 96 valence electrons. The molecule has 0 radical (unpaired) electrons. The van der Waals surface area contributed by atoms with Crippen molar-refractivity contribution in [2.45, 2.75) is 18.3 Å². The van der Waals surface area contributed by atoms with Crippen molar-refractivity contribution < 1.29 is 4.79 Å². The molecule has 1 N–H and O–H groups in total. The third-order valence-corrected chi connectivity index (χ3v) is 4.09. The van der Waals surface area contributed by atoms with Gasteiger partial charge in [0.2, 0.25) is 5.91 Å². The number of para-hydroxylation sites is 1. The number of carbonyl (C=O) groups is 1. The van der Waals surface area contributed by atoms with Gasteiger partial charge in [-0.2, -0.15) is 0 Å². The van der Waals surface area contributed by atoms with E-state index in [4.69, 9.17) is 0 Å². The number of carbonyl (C=O) groups excluding carboxylic acids is 1. The Morgan fingerprint density at radius 1 is 1.05 bits per heavy atom. The van der Waals surface area contributed by atoms with Gasteiger partial charge in [-0.05, 0) is 42.7 Å². The van der Waals surface area contributed by atoms with Crippen LogP contribution in [0, 0.1) is 0 Å². The molecule has 3 rings (SSSR count). The quantitative estimate of drug-likeness (QED) is 0.907. The van der Waals surface area contributed by atoms with E-state index in [1.165, 1.54) is 0 Å². The molecule has 1 aliphatic rings. The van der Waals surface area contributed by atoms with Gasteiger partial charge in [0.1, 0.15) is 0 Å². The number of halogens is 1. The highest BCUT2D eigenvalue weighted by atomic mass is 79.9. The molecule has 0 spiro atoms. The summed E-state index contributed by atoms with van der Waals surface area (Å²) >= 11 is 3.47. The van der Waals surface area contributed by atoms with Crippen LogP contribution in [0.2, 0.25) is 0 Å². The Hall–Kier alpha value is -1.61. The molecule has 0 aromatic heterocycles. The number of hydrogen-bond donors (Lipinski definition) is 1. The lowest BCUT2D eigenvalue weighted by molar-refractivity contribution is -0.118. The maximum Gasteiger partial charge on any atom is 0.235 e. The van der Waals surface area contributed by atoms with Gasteiger partial charge in [-0.15, -0.1) is 0 Å². The van der Waals surface area contributed by atoms with Gasteiger partial charge in [0, 0.05) is 10.2 Å². The first-order valence-corrected chi connectivity index (χ1v) is 7.13. The number of anilines is 1. The molecule has 1 fully saturated rings. The molecule has 1 aliphatic carbocycles. The number of amides is 1. The summed E-state index contributed by atoms with van der Waals surface area (Å²) in [5.74, 6) is 0.0943. The summed E-state index contributed by atoms with van der Waals surface area (Å²) in [4.78, 5) is 12.5. The molecule has 0 saturated heterocycles. The molecule has 1 saturated carbocycles. The molecule has 2 nitrogen and oxygen atoms in total. The Bertz CT molecular complexity index is 605. The van der Waals surface area contributed by atoms with Gasteiger partial charge in [-0.1, -0.05) is 46.3 Å². The van der Waals surface area contributed by atoms with E-state index in [1.807, 2.05) is 54.6 Å². The second-order valence-corrected chi connectivity index (χ2v) is 5.83. The van der Waals surface area contributed by atoms with Crippen LogP contribution in [0.4, 0.5) is 5.69 Å². The second kappa shape index (κ2) is 4.82. The van der Waals surface area contributed by atoms with Crippen molar-refractivity contribution in [2.24, 2.45) is 0 Å². The van der Waals surface area contributed by atoms with Crippen LogP contribution in [0.25, 0.3) is 0 Å². The summed E-state index contributed by atoms with van der Waals surface area (Å²) in [5, 5.41) is 3.01. The van der Waals surface area contributed by atoms with E-state index in [-0.39, 0.29) is 11.3 Å². The summed E-state index contributed by atoms with van der Waals surface area (Å²) in [6.45, 7) is 0. The Morgan fingerprint density at radius 3 is 2.42 bits per heavy atom. The van der Waals surface area contributed by atoms with Crippen LogP contribution in [-0.4, -0.2) is 5.91 Å². The van der Waals surface area contributed by atoms with Crippen molar-refractivity contribution in [1.29, 1.82) is 0 Å². The molecule has 0 heterocycles. The van der Waals surface area contributed by atoms with Gasteiger partial charge in [0.05, 0.1) is 5.41 Å². The summed E-state index contributed by atoms with van der Waals surface area (Å²) in [7, 11) is 0. The number of hydrogen-bond acceptors (Lipinski definition) is 1. The zero-order chi connectivity index (χ0) is 13.3. The topological polar surface area (TPSA) is 29.1 Å². The Kier molecular flexibility index (Phi) is 3.15. The van der Waals surface area contributed by atoms with E-state index in [2.05, 4.69) is 21.2 Å². The largest absolute Gasteiger partial charge is 0.325 e. The molecular weight excluding hydrogens is 302 g/mol. The van der Waals surface area contributed by atoms with E-state index in [0.717, 1.165) is 28.6 Å². The lowest BCUT2D eigenvalue weighted by Gasteiger charge is -2.16. The predicted molar refractivity (Wildman–Crippen MR) is 80.1 cm³/mol. The lowest BCUT2D eigenvalue weighted by atomic mass is 9.95. The van der Waals surface area contributed by atoms with Crippen molar-refractivity contribution in [1.82, 2.24) is 0 Å². The van der Waals surface area contributed by atoms with Crippen LogP contribution in [0.5, 0.6) is 0 Å². The zero-order valence-electron chi connectivity index (χ0n) is 10.4. The third kappa shape index (κ3) is 2.43. The predicted octanol–water partition coefficient (Wildman–Crippen LogP) is 4.12. The van der Waals surface area contributed by atoms with Crippen LogP contribution < -0.4 is 5.32 Å². The monoisotopic (exact) mass is 315 g/mol. The molecule has 3 heteroatoms. The Morgan fingerprint density at radius 2 is 1.79 bits per heavy atom. The molecule has 2 aromatic rings. The van der Waals surface area contributed by atoms with Crippen molar-refractivity contribution in [3.05, 3.63) is 64.6 Å². The standard InChI is InChI=1S/C16H14BrNO/c17-13-6-4-5-12(11-13)16(9-10-16)15(19)18-14-7-2-1-3-8-14/h1-8,11H,9-10H2,(H,18,19). The Labute approximate surface area is 121 Å². The summed E-state index contributed by atoms with van der Waals surface area (Å²) in [6.07, 6.45) is 1.84. The first-order chi connectivity index (χ1) is 9.21. The van der Waals surface area contributed by atoms with Gasteiger partial charge in [-0.25, -0.2) is 0 Å². The fourth-order valence-corrected chi connectivity index (χ4v) is 2.73. The summed E-state index contributed by atoms with van der Waals surface area (Å²) in [5.41, 5.74) is 1.61. The van der Waals surface area contributed by atoms with Gasteiger partial charge >= 0.3 is 0 Å². The maximum absolute atomic E-state index is 12.5. The first kappa shape index (κ1) is 12.4. The molecule has 2 aromatic carbocycles. The van der Waals surface area contributed by atoms with Crippen molar-refractivity contribution in [3.8, 4) is 0 Å². The van der Waals surface area contributed by atoms with E-state index in [9.17, 15) is 4.79 Å². The highest BCUT2D eigenvalue weighted by molar-refractivity contribution is 9.10. The molecule has 19 heavy (non-hydrogen) atoms. The van der Waals surface area contributed by atoms with Crippen LogP contribution in [0.15, 0.2) is 59.1 Å². The third-order valence-electron chi connectivity index (χ3n) is 3.59. The average Bonchev–Trinajstić information content (AvgIpc) is 3.21. The fraction of sp³-hybridized carbons (Fsp3) is 0.188. The number of benzene rings is 2. The summed E-state index contributed by atoms with van der Waals surface area (Å²) in [6, 6.07) is 17.6. The molecular formula is C16H14BrNO. The van der Waals surface area contributed by atoms with Crippen LogP contribution in [0.3, 0.4) is 0 Å². The zero-order valence-corrected chi connectivity index (χ0v) is 12.0. The normalized spacial score (nSPS) is 15.8. The van der Waals surface area contributed by atoms with E-state index in [1.54, 1.807) is 0 Å². The van der Waals surface area contributed by atoms with E-state index < -0.39 is 0 Å². The molecule has 0 bridgehead atoms. The van der Waals surface area contributed by atoms with Crippen molar-refractivity contribution in [3.63, 3.8) is 0 Å². The van der Waals surface area contributed by atoms with Gasteiger partial charge in [-0.3, -0.25) is 4.79 Å². The highest BCUT2D eigenvalue weighted by Crippen LogP contribution is 2.49. The average molecular weight is 316 g/mol.